The van der Waals surface area contributed by atoms with Gasteiger partial charge >= 0.3 is 0 Å². The molecule has 0 N–H and O–H groups in total. The highest BCUT2D eigenvalue weighted by Gasteiger charge is 2.29. The molecule has 4 nitrogen and oxygen atoms in total. The molecule has 1 unspecified atom stereocenters. The molecule has 0 saturated heterocycles. The first-order valence-electron chi connectivity index (χ1n) is 9.84. The van der Waals surface area contributed by atoms with Crippen LogP contribution in [0.3, 0.4) is 0 Å². The zero-order valence-corrected chi connectivity index (χ0v) is 16.6. The van der Waals surface area contributed by atoms with Gasteiger partial charge in [0.2, 0.25) is 5.91 Å². The van der Waals surface area contributed by atoms with Gasteiger partial charge in [0.05, 0.1) is 18.7 Å². The van der Waals surface area contributed by atoms with E-state index in [9.17, 15) is 4.79 Å². The van der Waals surface area contributed by atoms with Gasteiger partial charge in [-0.1, -0.05) is 19.9 Å². The molecule has 0 radical (unpaired) electrons. The number of aryl methyl sites for hydroxylation is 1. The zero-order valence-electron chi connectivity index (χ0n) is 16.6. The predicted molar refractivity (Wildman–Crippen MR) is 108 cm³/mol. The summed E-state index contributed by atoms with van der Waals surface area (Å²) in [6.07, 6.45) is 3.39. The Morgan fingerprint density at radius 3 is 2.67 bits per heavy atom. The highest BCUT2D eigenvalue weighted by atomic mass is 16.2. The number of carbonyl (C=O) groups excluding carboxylic acids is 1. The molecule has 0 bridgehead atoms. The summed E-state index contributed by atoms with van der Waals surface area (Å²) >= 11 is 0. The second-order valence-corrected chi connectivity index (χ2v) is 8.31. The van der Waals surface area contributed by atoms with Crippen molar-refractivity contribution in [2.24, 2.45) is 10.9 Å². The first kappa shape index (κ1) is 17.9. The van der Waals surface area contributed by atoms with Gasteiger partial charge in [-0.05, 0) is 61.1 Å². The second-order valence-electron chi connectivity index (χ2n) is 8.31. The SMILES string of the molecule is Cc1cc(C2=NCc3cc4c(cc32)CN(C(C)CC(C)C)C(=O)C4)ccn1. The monoisotopic (exact) mass is 361 g/mol. The third kappa shape index (κ3) is 3.41. The van der Waals surface area contributed by atoms with Crippen LogP contribution >= 0.6 is 0 Å². The fourth-order valence-corrected chi connectivity index (χ4v) is 4.34. The van der Waals surface area contributed by atoms with Crippen LogP contribution in [0.2, 0.25) is 0 Å². The fraction of sp³-hybridized carbons (Fsp3) is 0.435. The molecule has 4 rings (SSSR count). The lowest BCUT2D eigenvalue weighted by atomic mass is 9.90. The molecule has 1 atom stereocenters. The second kappa shape index (κ2) is 6.91. The van der Waals surface area contributed by atoms with Crippen molar-refractivity contribution in [2.75, 3.05) is 0 Å². The molecule has 4 heteroatoms. The van der Waals surface area contributed by atoms with Crippen molar-refractivity contribution >= 4 is 11.6 Å². The van der Waals surface area contributed by atoms with Crippen LogP contribution in [0.1, 0.15) is 60.7 Å². The number of hydrogen-bond acceptors (Lipinski definition) is 3. The largest absolute Gasteiger partial charge is 0.335 e. The molecule has 2 aliphatic heterocycles. The maximum atomic E-state index is 12.7. The molecule has 2 aliphatic rings. The molecule has 2 aromatic rings. The van der Waals surface area contributed by atoms with E-state index in [4.69, 9.17) is 4.99 Å². The number of aromatic nitrogens is 1. The topological polar surface area (TPSA) is 45.6 Å². The first-order chi connectivity index (χ1) is 12.9. The zero-order chi connectivity index (χ0) is 19.1. The third-order valence-corrected chi connectivity index (χ3v) is 5.61. The first-order valence-corrected chi connectivity index (χ1v) is 9.84. The van der Waals surface area contributed by atoms with Gasteiger partial charge in [0.1, 0.15) is 0 Å². The Morgan fingerprint density at radius 2 is 1.93 bits per heavy atom. The minimum Gasteiger partial charge on any atom is -0.335 e. The Labute approximate surface area is 161 Å². The Morgan fingerprint density at radius 1 is 1.11 bits per heavy atom. The Kier molecular flexibility index (Phi) is 4.58. The average Bonchev–Trinajstić information content (AvgIpc) is 3.01. The lowest BCUT2D eigenvalue weighted by Gasteiger charge is -2.35. The maximum absolute atomic E-state index is 12.7. The van der Waals surface area contributed by atoms with Gasteiger partial charge < -0.3 is 4.90 Å². The minimum atomic E-state index is 0.250. The Bertz CT molecular complexity index is 929. The van der Waals surface area contributed by atoms with Crippen molar-refractivity contribution in [1.29, 1.82) is 0 Å². The highest BCUT2D eigenvalue weighted by Crippen LogP contribution is 2.31. The van der Waals surface area contributed by atoms with Crippen molar-refractivity contribution in [2.45, 2.75) is 59.7 Å². The van der Waals surface area contributed by atoms with E-state index in [1.165, 1.54) is 22.3 Å². The van der Waals surface area contributed by atoms with Crippen molar-refractivity contribution in [3.05, 3.63) is 64.0 Å². The lowest BCUT2D eigenvalue weighted by Crippen LogP contribution is -2.42. The number of hydrogen-bond donors (Lipinski definition) is 0. The number of pyridine rings is 1. The molecule has 0 fully saturated rings. The van der Waals surface area contributed by atoms with Crippen molar-refractivity contribution in [3.63, 3.8) is 0 Å². The van der Waals surface area contributed by atoms with Gasteiger partial charge in [-0.3, -0.25) is 14.8 Å². The van der Waals surface area contributed by atoms with Crippen LogP contribution in [0.15, 0.2) is 35.5 Å². The summed E-state index contributed by atoms with van der Waals surface area (Å²) in [7, 11) is 0. The van der Waals surface area contributed by atoms with E-state index in [1.807, 2.05) is 19.2 Å². The van der Waals surface area contributed by atoms with Crippen molar-refractivity contribution in [3.8, 4) is 0 Å². The number of benzene rings is 1. The summed E-state index contributed by atoms with van der Waals surface area (Å²) < 4.78 is 0. The molecule has 0 spiro atoms. The van der Waals surface area contributed by atoms with Crippen LogP contribution in [0.4, 0.5) is 0 Å². The fourth-order valence-electron chi connectivity index (χ4n) is 4.34. The molecular formula is C23H27N3O. The predicted octanol–water partition coefficient (Wildman–Crippen LogP) is 4.06. The van der Waals surface area contributed by atoms with Crippen LogP contribution in [-0.2, 0) is 24.3 Å². The van der Waals surface area contributed by atoms with Gasteiger partial charge in [-0.15, -0.1) is 0 Å². The van der Waals surface area contributed by atoms with E-state index in [0.29, 0.717) is 25.4 Å². The van der Waals surface area contributed by atoms with E-state index < -0.39 is 0 Å². The quantitative estimate of drug-likeness (QED) is 0.824. The number of aliphatic imine (C=N–C) groups is 1. The van der Waals surface area contributed by atoms with Crippen molar-refractivity contribution in [1.82, 2.24) is 9.88 Å². The van der Waals surface area contributed by atoms with Gasteiger partial charge in [0.15, 0.2) is 0 Å². The Hall–Kier alpha value is -2.49. The number of amides is 1. The van der Waals surface area contributed by atoms with E-state index >= 15 is 0 Å². The smallest absolute Gasteiger partial charge is 0.227 e. The van der Waals surface area contributed by atoms with Crippen molar-refractivity contribution < 1.29 is 4.79 Å². The molecule has 1 amide bonds. The Balaban J connectivity index is 1.66. The molecule has 3 heterocycles. The number of fused-ring (bicyclic) bond motifs is 2. The molecule has 27 heavy (non-hydrogen) atoms. The van der Waals surface area contributed by atoms with E-state index in [0.717, 1.165) is 23.4 Å². The molecule has 1 aromatic heterocycles. The standard InChI is InChI=1S/C23H27N3O/c1-14(2)7-16(4)26-13-20-10-21-19(9-18(20)11-22(26)27)12-25-23(21)17-5-6-24-15(3)8-17/h5-6,8-10,14,16H,7,11-13H2,1-4H3. The highest BCUT2D eigenvalue weighted by molar-refractivity contribution is 6.15. The normalized spacial score (nSPS) is 17.0. The number of nitrogens with zero attached hydrogens (tertiary/aromatic N) is 3. The van der Waals surface area contributed by atoms with Crippen LogP contribution < -0.4 is 0 Å². The van der Waals surface area contributed by atoms with E-state index in [1.54, 1.807) is 0 Å². The summed E-state index contributed by atoms with van der Waals surface area (Å²) in [6.45, 7) is 10.0. The molecular weight excluding hydrogens is 334 g/mol. The molecule has 0 aliphatic carbocycles. The van der Waals surface area contributed by atoms with Gasteiger partial charge in [-0.25, -0.2) is 0 Å². The van der Waals surface area contributed by atoms with Crippen LogP contribution in [0.5, 0.6) is 0 Å². The summed E-state index contributed by atoms with van der Waals surface area (Å²) in [5.41, 5.74) is 8.06. The minimum absolute atomic E-state index is 0.250. The summed E-state index contributed by atoms with van der Waals surface area (Å²) in [5, 5.41) is 0. The summed E-state index contributed by atoms with van der Waals surface area (Å²) in [4.78, 5) is 23.8. The number of rotatable bonds is 4. The van der Waals surface area contributed by atoms with E-state index in [2.05, 4.69) is 48.9 Å². The van der Waals surface area contributed by atoms with Crippen LogP contribution in [0.25, 0.3) is 0 Å². The average molecular weight is 361 g/mol. The summed E-state index contributed by atoms with van der Waals surface area (Å²) in [5.74, 6) is 0.836. The molecule has 140 valence electrons. The van der Waals surface area contributed by atoms with E-state index in [-0.39, 0.29) is 11.9 Å². The van der Waals surface area contributed by atoms with Crippen LogP contribution in [-0.4, -0.2) is 27.5 Å². The van der Waals surface area contributed by atoms with Gasteiger partial charge in [0.25, 0.3) is 0 Å². The number of carbonyl (C=O) groups is 1. The molecule has 0 saturated carbocycles. The third-order valence-electron chi connectivity index (χ3n) is 5.61. The van der Waals surface area contributed by atoms with Gasteiger partial charge in [0, 0.05) is 35.6 Å². The molecule has 1 aromatic carbocycles. The van der Waals surface area contributed by atoms with Crippen LogP contribution in [0, 0.1) is 12.8 Å². The lowest BCUT2D eigenvalue weighted by molar-refractivity contribution is -0.134. The summed E-state index contributed by atoms with van der Waals surface area (Å²) in [6, 6.07) is 8.87. The van der Waals surface area contributed by atoms with Gasteiger partial charge in [-0.2, -0.15) is 0 Å². The maximum Gasteiger partial charge on any atom is 0.227 e.